The van der Waals surface area contributed by atoms with Crippen molar-refractivity contribution in [2.45, 2.75) is 6.54 Å². The first-order valence-corrected chi connectivity index (χ1v) is 12.7. The Morgan fingerprint density at radius 3 is 1.90 bits per heavy atom. The quantitative estimate of drug-likeness (QED) is 0.280. The molecule has 8 nitrogen and oxygen atoms in total. The summed E-state index contributed by atoms with van der Waals surface area (Å²) >= 11 is 6.11. The van der Waals surface area contributed by atoms with Crippen LogP contribution in [0.1, 0.15) is 5.82 Å². The third-order valence-corrected chi connectivity index (χ3v) is 6.36. The van der Waals surface area contributed by atoms with Gasteiger partial charge in [-0.15, -0.1) is 10.2 Å². The highest BCUT2D eigenvalue weighted by molar-refractivity contribution is 6.30. The third kappa shape index (κ3) is 5.18. The average molecular weight is 532 g/mol. The number of hydrogen-bond donors (Lipinski definition) is 1. The molecule has 0 unspecified atom stereocenters. The zero-order valence-corrected chi connectivity index (χ0v) is 21.4. The van der Waals surface area contributed by atoms with Crippen LogP contribution < -0.4 is 11.1 Å². The molecule has 2 heterocycles. The maximum Gasteiger partial charge on any atom is 0.365 e. The second-order valence-corrected chi connectivity index (χ2v) is 9.18. The zero-order chi connectivity index (χ0) is 26.6. The minimum atomic E-state index is -0.490. The van der Waals surface area contributed by atoms with Gasteiger partial charge in [-0.3, -0.25) is 5.43 Å². The van der Waals surface area contributed by atoms with Gasteiger partial charge in [-0.2, -0.15) is 10.1 Å². The zero-order valence-electron chi connectivity index (χ0n) is 20.6. The van der Waals surface area contributed by atoms with Crippen LogP contribution in [-0.4, -0.2) is 29.6 Å². The lowest BCUT2D eigenvalue weighted by Gasteiger charge is -2.15. The maximum atomic E-state index is 13.3. The lowest BCUT2D eigenvalue weighted by Crippen LogP contribution is -2.29. The fourth-order valence-corrected chi connectivity index (χ4v) is 4.33. The highest BCUT2D eigenvalue weighted by Crippen LogP contribution is 2.27. The maximum absolute atomic E-state index is 13.3. The molecule has 190 valence electrons. The second-order valence-electron chi connectivity index (χ2n) is 8.74. The smallest absolute Gasteiger partial charge is 0.291 e. The van der Waals surface area contributed by atoms with E-state index < -0.39 is 5.69 Å². The van der Waals surface area contributed by atoms with Gasteiger partial charge in [0.2, 0.25) is 0 Å². The van der Waals surface area contributed by atoms with Crippen LogP contribution in [0.25, 0.3) is 33.9 Å². The second kappa shape index (κ2) is 10.7. The lowest BCUT2D eigenvalue weighted by molar-refractivity contribution is 0.585. The standard InChI is InChI=1S/C30H22ClN7O/c31-24-18-16-23(17-19-24)29-34-33-26(38(29)35-25-14-8-3-9-15-25)20-37-30(39)32-27(21-10-4-1-5-11-21)28(36-37)22-12-6-2-7-13-22/h1-19,35H,20H2. The van der Waals surface area contributed by atoms with Crippen molar-refractivity contribution in [3.05, 3.63) is 137 Å². The molecule has 2 aromatic heterocycles. The third-order valence-electron chi connectivity index (χ3n) is 6.11. The van der Waals surface area contributed by atoms with Crippen molar-refractivity contribution in [2.75, 3.05) is 5.43 Å². The first kappa shape index (κ1) is 24.3. The summed E-state index contributed by atoms with van der Waals surface area (Å²) in [5.41, 5.74) is 7.29. The van der Waals surface area contributed by atoms with E-state index in [1.807, 2.05) is 103 Å². The van der Waals surface area contributed by atoms with E-state index in [9.17, 15) is 4.79 Å². The van der Waals surface area contributed by atoms with Crippen molar-refractivity contribution >= 4 is 17.3 Å². The Balaban J connectivity index is 1.46. The van der Waals surface area contributed by atoms with Gasteiger partial charge in [0.25, 0.3) is 0 Å². The average Bonchev–Trinajstić information content (AvgIpc) is 3.37. The van der Waals surface area contributed by atoms with Crippen molar-refractivity contribution in [1.29, 1.82) is 0 Å². The molecule has 0 bridgehead atoms. The van der Waals surface area contributed by atoms with Crippen LogP contribution in [0.5, 0.6) is 0 Å². The summed E-state index contributed by atoms with van der Waals surface area (Å²) in [5.74, 6) is 1.04. The Morgan fingerprint density at radius 2 is 1.26 bits per heavy atom. The first-order chi connectivity index (χ1) is 19.2. The summed E-state index contributed by atoms with van der Waals surface area (Å²) in [7, 11) is 0. The van der Waals surface area contributed by atoms with Crippen LogP contribution in [0.4, 0.5) is 5.69 Å². The number of rotatable bonds is 7. The predicted molar refractivity (Wildman–Crippen MR) is 152 cm³/mol. The van der Waals surface area contributed by atoms with Crippen LogP contribution in [-0.2, 0) is 6.54 Å². The van der Waals surface area contributed by atoms with Gasteiger partial charge in [-0.05, 0) is 36.4 Å². The molecule has 0 amide bonds. The Hall–Kier alpha value is -5.08. The van der Waals surface area contributed by atoms with Gasteiger partial charge >= 0.3 is 5.69 Å². The SMILES string of the molecule is O=c1nc(-c2ccccc2)c(-c2ccccc2)nn1Cc1nnc(-c2ccc(Cl)cc2)n1Nc1ccccc1. The molecule has 0 aliphatic carbocycles. The van der Waals surface area contributed by atoms with E-state index in [0.29, 0.717) is 28.1 Å². The summed E-state index contributed by atoms with van der Waals surface area (Å²) in [6.07, 6.45) is 0. The van der Waals surface area contributed by atoms with Crippen molar-refractivity contribution in [2.24, 2.45) is 0 Å². The molecule has 6 aromatic rings. The molecule has 4 aromatic carbocycles. The van der Waals surface area contributed by atoms with E-state index in [2.05, 4.69) is 20.6 Å². The van der Waals surface area contributed by atoms with Crippen LogP contribution >= 0.6 is 11.6 Å². The molecule has 0 aliphatic heterocycles. The number of nitrogens with one attached hydrogen (secondary N) is 1. The Labute approximate surface area is 229 Å². The number of para-hydroxylation sites is 1. The Kier molecular flexibility index (Phi) is 6.67. The largest absolute Gasteiger partial charge is 0.365 e. The fraction of sp³-hybridized carbons (Fsp3) is 0.0333. The highest BCUT2D eigenvalue weighted by atomic mass is 35.5. The molecule has 0 fully saturated rings. The minimum Gasteiger partial charge on any atom is -0.291 e. The van der Waals surface area contributed by atoms with Crippen molar-refractivity contribution in [1.82, 2.24) is 29.6 Å². The molecule has 0 aliphatic rings. The first-order valence-electron chi connectivity index (χ1n) is 12.3. The number of aromatic nitrogens is 6. The van der Waals surface area contributed by atoms with Gasteiger partial charge < -0.3 is 0 Å². The normalized spacial score (nSPS) is 10.9. The van der Waals surface area contributed by atoms with E-state index in [1.165, 1.54) is 4.68 Å². The van der Waals surface area contributed by atoms with E-state index in [1.54, 1.807) is 16.8 Å². The molecule has 0 radical (unpaired) electrons. The predicted octanol–water partition coefficient (Wildman–Crippen LogP) is 5.81. The lowest BCUT2D eigenvalue weighted by atomic mass is 10.0. The minimum absolute atomic E-state index is 0.0428. The molecule has 1 N–H and O–H groups in total. The molecular formula is C30H22ClN7O. The van der Waals surface area contributed by atoms with Crippen LogP contribution in [0.3, 0.4) is 0 Å². The van der Waals surface area contributed by atoms with E-state index >= 15 is 0 Å². The van der Waals surface area contributed by atoms with E-state index in [-0.39, 0.29) is 6.54 Å². The van der Waals surface area contributed by atoms with Gasteiger partial charge in [0.05, 0.1) is 5.69 Å². The van der Waals surface area contributed by atoms with Crippen molar-refractivity contribution in [3.63, 3.8) is 0 Å². The molecule has 9 heteroatoms. The molecule has 0 saturated carbocycles. The van der Waals surface area contributed by atoms with Crippen LogP contribution in [0.15, 0.2) is 120 Å². The number of hydrogen-bond acceptors (Lipinski definition) is 6. The number of nitrogens with zero attached hydrogens (tertiary/aromatic N) is 6. The topological polar surface area (TPSA) is 90.5 Å². The molecule has 0 atom stereocenters. The molecule has 0 spiro atoms. The molecule has 0 saturated heterocycles. The Morgan fingerprint density at radius 1 is 0.667 bits per heavy atom. The Bertz CT molecular complexity index is 1770. The van der Waals surface area contributed by atoms with Crippen molar-refractivity contribution in [3.8, 4) is 33.9 Å². The number of halogens is 1. The van der Waals surface area contributed by atoms with Gasteiger partial charge in [-0.1, -0.05) is 90.5 Å². The van der Waals surface area contributed by atoms with Crippen LogP contribution in [0.2, 0.25) is 5.02 Å². The number of benzene rings is 4. The van der Waals surface area contributed by atoms with E-state index in [4.69, 9.17) is 16.7 Å². The van der Waals surface area contributed by atoms with Gasteiger partial charge in [0.15, 0.2) is 11.6 Å². The fourth-order valence-electron chi connectivity index (χ4n) is 4.21. The van der Waals surface area contributed by atoms with Gasteiger partial charge in [-0.25, -0.2) is 14.2 Å². The van der Waals surface area contributed by atoms with Crippen LogP contribution in [0, 0.1) is 0 Å². The molecule has 6 rings (SSSR count). The summed E-state index contributed by atoms with van der Waals surface area (Å²) in [5, 5.41) is 14.2. The summed E-state index contributed by atoms with van der Waals surface area (Å²) in [6.45, 7) is 0.0428. The van der Waals surface area contributed by atoms with Gasteiger partial charge in [0, 0.05) is 21.7 Å². The molecular weight excluding hydrogens is 510 g/mol. The summed E-state index contributed by atoms with van der Waals surface area (Å²) in [6, 6.07) is 36.3. The van der Waals surface area contributed by atoms with E-state index in [0.717, 1.165) is 22.4 Å². The summed E-state index contributed by atoms with van der Waals surface area (Å²) in [4.78, 5) is 17.7. The van der Waals surface area contributed by atoms with Crippen molar-refractivity contribution < 1.29 is 0 Å². The summed E-state index contributed by atoms with van der Waals surface area (Å²) < 4.78 is 3.06. The van der Waals surface area contributed by atoms with Gasteiger partial charge in [0.1, 0.15) is 17.9 Å². The molecule has 39 heavy (non-hydrogen) atoms. The highest BCUT2D eigenvalue weighted by Gasteiger charge is 2.19. The number of anilines is 1. The monoisotopic (exact) mass is 531 g/mol.